The SMILES string of the molecule is CCOC(=O)C1=Cn2c(=O)[nH]c(=O)n2CC1=O. The third-order valence-electron chi connectivity index (χ3n) is 2.26. The van der Waals surface area contributed by atoms with Crippen molar-refractivity contribution in [3.63, 3.8) is 0 Å². The maximum atomic E-state index is 11.6. The van der Waals surface area contributed by atoms with Crippen LogP contribution in [0, 0.1) is 0 Å². The van der Waals surface area contributed by atoms with Crippen molar-refractivity contribution in [2.75, 3.05) is 6.61 Å². The second kappa shape index (κ2) is 3.89. The van der Waals surface area contributed by atoms with E-state index in [0.717, 1.165) is 15.6 Å². The minimum Gasteiger partial charge on any atom is -0.462 e. The molecule has 0 bridgehead atoms. The number of nitrogens with zero attached hydrogens (tertiary/aromatic N) is 2. The smallest absolute Gasteiger partial charge is 0.348 e. The first-order chi connectivity index (χ1) is 8.04. The van der Waals surface area contributed by atoms with Gasteiger partial charge in [-0.15, -0.1) is 0 Å². The molecule has 2 heterocycles. The van der Waals surface area contributed by atoms with Crippen LogP contribution in [0.25, 0.3) is 6.20 Å². The van der Waals surface area contributed by atoms with Gasteiger partial charge >= 0.3 is 17.3 Å². The van der Waals surface area contributed by atoms with Gasteiger partial charge in [0.2, 0.25) is 0 Å². The van der Waals surface area contributed by atoms with Gasteiger partial charge in [-0.3, -0.25) is 9.78 Å². The summed E-state index contributed by atoms with van der Waals surface area (Å²) in [5.41, 5.74) is -1.64. The van der Waals surface area contributed by atoms with Gasteiger partial charge in [0.15, 0.2) is 5.78 Å². The highest BCUT2D eigenvalue weighted by molar-refractivity contribution is 6.20. The lowest BCUT2D eigenvalue weighted by Gasteiger charge is -2.13. The summed E-state index contributed by atoms with van der Waals surface area (Å²) in [6.45, 7) is 1.37. The number of carbonyl (C=O) groups excluding carboxylic acids is 2. The zero-order valence-electron chi connectivity index (χ0n) is 8.93. The first kappa shape index (κ1) is 11.1. The molecule has 8 nitrogen and oxygen atoms in total. The van der Waals surface area contributed by atoms with Gasteiger partial charge < -0.3 is 4.74 Å². The Labute approximate surface area is 94.1 Å². The Morgan fingerprint density at radius 3 is 2.76 bits per heavy atom. The molecule has 0 atom stereocenters. The van der Waals surface area contributed by atoms with E-state index < -0.39 is 23.1 Å². The number of aromatic amines is 1. The van der Waals surface area contributed by atoms with Crippen LogP contribution < -0.4 is 11.4 Å². The Morgan fingerprint density at radius 2 is 2.12 bits per heavy atom. The van der Waals surface area contributed by atoms with E-state index in [1.807, 2.05) is 4.98 Å². The molecule has 0 aliphatic carbocycles. The number of aromatic nitrogens is 3. The summed E-state index contributed by atoms with van der Waals surface area (Å²) in [7, 11) is 0. The summed E-state index contributed by atoms with van der Waals surface area (Å²) >= 11 is 0. The molecule has 17 heavy (non-hydrogen) atoms. The minimum absolute atomic E-state index is 0.123. The zero-order valence-corrected chi connectivity index (χ0v) is 8.93. The second-order valence-corrected chi connectivity index (χ2v) is 3.32. The number of H-pyrrole nitrogens is 1. The molecule has 1 aromatic rings. The van der Waals surface area contributed by atoms with Crippen molar-refractivity contribution in [2.24, 2.45) is 0 Å². The maximum Gasteiger partial charge on any atom is 0.348 e. The molecule has 0 saturated heterocycles. The number of nitrogens with one attached hydrogen (secondary N) is 1. The third kappa shape index (κ3) is 1.73. The zero-order chi connectivity index (χ0) is 12.6. The largest absolute Gasteiger partial charge is 0.462 e. The third-order valence-corrected chi connectivity index (χ3v) is 2.26. The summed E-state index contributed by atoms with van der Waals surface area (Å²) in [6, 6.07) is 0. The summed E-state index contributed by atoms with van der Waals surface area (Å²) in [5.74, 6) is -1.37. The maximum absolute atomic E-state index is 11.6. The quantitative estimate of drug-likeness (QED) is 0.490. The van der Waals surface area contributed by atoms with Crippen molar-refractivity contribution >= 4 is 18.0 Å². The van der Waals surface area contributed by atoms with Crippen LogP contribution in [0.5, 0.6) is 0 Å². The van der Waals surface area contributed by atoms with Crippen molar-refractivity contribution < 1.29 is 14.3 Å². The average molecular weight is 239 g/mol. The van der Waals surface area contributed by atoms with Crippen LogP contribution in [0.4, 0.5) is 0 Å². The number of hydrogen-bond acceptors (Lipinski definition) is 5. The van der Waals surface area contributed by atoms with E-state index >= 15 is 0 Å². The molecule has 8 heteroatoms. The molecular weight excluding hydrogens is 230 g/mol. The molecule has 0 unspecified atom stereocenters. The number of carbonyl (C=O) groups is 2. The molecule has 1 aromatic heterocycles. The summed E-state index contributed by atoms with van der Waals surface area (Å²) in [6.07, 6.45) is 1.00. The van der Waals surface area contributed by atoms with Gasteiger partial charge in [0.1, 0.15) is 12.1 Å². The van der Waals surface area contributed by atoms with Crippen molar-refractivity contribution in [1.29, 1.82) is 0 Å². The van der Waals surface area contributed by atoms with E-state index in [4.69, 9.17) is 0 Å². The van der Waals surface area contributed by atoms with Crippen molar-refractivity contribution in [2.45, 2.75) is 13.5 Å². The Bertz CT molecular complexity index is 630. The number of ether oxygens (including phenoxy) is 1. The van der Waals surface area contributed by atoms with Crippen LogP contribution in [-0.4, -0.2) is 32.7 Å². The predicted molar refractivity (Wildman–Crippen MR) is 55.2 cm³/mol. The fourth-order valence-corrected chi connectivity index (χ4v) is 1.49. The van der Waals surface area contributed by atoms with Gasteiger partial charge in [0, 0.05) is 0 Å². The lowest BCUT2D eigenvalue weighted by Crippen LogP contribution is -2.34. The number of esters is 1. The van der Waals surface area contributed by atoms with Gasteiger partial charge in [0.05, 0.1) is 12.8 Å². The number of rotatable bonds is 2. The topological polar surface area (TPSA) is 103 Å². The molecule has 0 radical (unpaired) electrons. The highest BCUT2D eigenvalue weighted by Gasteiger charge is 2.27. The van der Waals surface area contributed by atoms with Crippen LogP contribution in [-0.2, 0) is 20.9 Å². The lowest BCUT2D eigenvalue weighted by atomic mass is 10.1. The van der Waals surface area contributed by atoms with E-state index in [-0.39, 0.29) is 18.7 Å². The van der Waals surface area contributed by atoms with Crippen molar-refractivity contribution in [3.05, 3.63) is 26.5 Å². The van der Waals surface area contributed by atoms with E-state index in [9.17, 15) is 19.2 Å². The minimum atomic E-state index is -0.802. The van der Waals surface area contributed by atoms with Crippen LogP contribution in [0.1, 0.15) is 6.92 Å². The van der Waals surface area contributed by atoms with Gasteiger partial charge in [-0.1, -0.05) is 0 Å². The molecular formula is C9H9N3O5. The number of ketones is 1. The number of fused-ring (bicyclic) bond motifs is 1. The molecule has 90 valence electrons. The van der Waals surface area contributed by atoms with Gasteiger partial charge in [-0.05, 0) is 6.92 Å². The first-order valence-corrected chi connectivity index (χ1v) is 4.88. The lowest BCUT2D eigenvalue weighted by molar-refractivity contribution is -0.140. The molecule has 1 aliphatic rings. The standard InChI is InChI=1S/C9H9N3O5/c1-2-17-7(14)5-3-11-8(15)10-9(16)12(11)4-6(5)13/h3H,2,4H2,1H3,(H,10,15,16). The van der Waals surface area contributed by atoms with Crippen LogP contribution in [0.15, 0.2) is 15.2 Å². The van der Waals surface area contributed by atoms with Gasteiger partial charge in [-0.2, -0.15) is 0 Å². The molecule has 0 aromatic carbocycles. The van der Waals surface area contributed by atoms with Crippen molar-refractivity contribution in [3.8, 4) is 0 Å². The highest BCUT2D eigenvalue weighted by Crippen LogP contribution is 2.07. The van der Waals surface area contributed by atoms with Crippen LogP contribution in [0.3, 0.4) is 0 Å². The molecule has 0 saturated carbocycles. The number of Topliss-reactive ketones (excluding diaryl/α,β-unsaturated/α-hetero) is 1. The summed E-state index contributed by atoms with van der Waals surface area (Å²) < 4.78 is 6.47. The Morgan fingerprint density at radius 1 is 1.41 bits per heavy atom. The number of hydrogen-bond donors (Lipinski definition) is 1. The van der Waals surface area contributed by atoms with Gasteiger partial charge in [-0.25, -0.2) is 23.7 Å². The van der Waals surface area contributed by atoms with Crippen LogP contribution >= 0.6 is 0 Å². The Hall–Kier alpha value is -2.38. The van der Waals surface area contributed by atoms with Crippen LogP contribution in [0.2, 0.25) is 0 Å². The normalized spacial score (nSPS) is 14.2. The van der Waals surface area contributed by atoms with E-state index in [0.29, 0.717) is 0 Å². The van der Waals surface area contributed by atoms with E-state index in [1.54, 1.807) is 6.92 Å². The first-order valence-electron chi connectivity index (χ1n) is 4.88. The molecule has 1 aliphatic heterocycles. The molecule has 0 amide bonds. The molecule has 0 fully saturated rings. The Balaban J connectivity index is 2.53. The summed E-state index contributed by atoms with van der Waals surface area (Å²) in [5, 5.41) is 0. The predicted octanol–water partition coefficient (Wildman–Crippen LogP) is -1.68. The Kier molecular flexibility index (Phi) is 2.54. The molecule has 1 N–H and O–H groups in total. The van der Waals surface area contributed by atoms with E-state index in [1.165, 1.54) is 0 Å². The summed E-state index contributed by atoms with van der Waals surface area (Å²) in [4.78, 5) is 47.5. The second-order valence-electron chi connectivity index (χ2n) is 3.32. The highest BCUT2D eigenvalue weighted by atomic mass is 16.5. The fraction of sp³-hybridized carbons (Fsp3) is 0.333. The average Bonchev–Trinajstić information content (AvgIpc) is 2.53. The molecule has 2 rings (SSSR count). The monoisotopic (exact) mass is 239 g/mol. The van der Waals surface area contributed by atoms with Gasteiger partial charge in [0.25, 0.3) is 0 Å². The fourth-order valence-electron chi connectivity index (χ4n) is 1.49. The van der Waals surface area contributed by atoms with Crippen molar-refractivity contribution in [1.82, 2.24) is 14.3 Å². The van der Waals surface area contributed by atoms with E-state index in [2.05, 4.69) is 4.74 Å². The molecule has 0 spiro atoms.